The van der Waals surface area contributed by atoms with E-state index >= 15 is 0 Å². The predicted octanol–water partition coefficient (Wildman–Crippen LogP) is 3.50. The Morgan fingerprint density at radius 3 is 2.00 bits per heavy atom. The summed E-state index contributed by atoms with van der Waals surface area (Å²) in [6.07, 6.45) is 0.188. The number of nitrogens with zero attached hydrogens (tertiary/aromatic N) is 1. The highest BCUT2D eigenvalue weighted by molar-refractivity contribution is 7.91. The van der Waals surface area contributed by atoms with E-state index < -0.39 is 50.4 Å². The third-order valence-corrected chi connectivity index (χ3v) is 9.03. The number of rotatable bonds is 15. The van der Waals surface area contributed by atoms with Gasteiger partial charge in [-0.25, -0.2) is 21.1 Å². The van der Waals surface area contributed by atoms with Crippen LogP contribution in [0, 0.1) is 0 Å². The van der Waals surface area contributed by atoms with Crippen LogP contribution >= 0.6 is 34.8 Å². The number of sulfone groups is 1. The number of carbonyl (C=O) groups is 3. The fourth-order valence-electron chi connectivity index (χ4n) is 3.31. The van der Waals surface area contributed by atoms with Crippen LogP contribution in [-0.2, 0) is 43.7 Å². The summed E-state index contributed by atoms with van der Waals surface area (Å²) in [6, 6.07) is 7.73. The average molecular weight is 689 g/mol. The van der Waals surface area contributed by atoms with Gasteiger partial charge in [0.05, 0.1) is 38.6 Å². The van der Waals surface area contributed by atoms with Crippen LogP contribution in [0.1, 0.15) is 20.3 Å². The SMILES string of the molecule is CC(=O)OCC(=O)N(CCCOc1ccc(S(=O)(=O)c2cc(Cl)c(OC[C@H](CCl)OC(C)=O)c(Cl)c2)cc1)S(C)(=O)=O. The third-order valence-electron chi connectivity index (χ3n) is 5.19. The molecule has 0 aliphatic heterocycles. The first-order valence-electron chi connectivity index (χ1n) is 12.0. The second-order valence-electron chi connectivity index (χ2n) is 8.60. The van der Waals surface area contributed by atoms with Crippen molar-refractivity contribution in [2.45, 2.75) is 36.2 Å². The number of halogens is 3. The standard InChI is InChI=1S/C25H28Cl3NO11S2/c1-16(30)38-15-24(32)29(41(3,33)34)9-4-10-37-18-5-7-20(8-6-18)42(35,36)21-11-22(27)25(23(28)12-21)39-14-19(13-26)40-17(2)31/h5-8,11-12,19H,4,9-10,13-15H2,1-3H3/t19-/m0/s1. The number of amides is 1. The second kappa shape index (κ2) is 15.6. The molecule has 0 aliphatic rings. The van der Waals surface area contributed by atoms with Crippen molar-refractivity contribution in [1.29, 1.82) is 0 Å². The van der Waals surface area contributed by atoms with E-state index in [2.05, 4.69) is 4.74 Å². The predicted molar refractivity (Wildman–Crippen MR) is 153 cm³/mol. The highest BCUT2D eigenvalue weighted by Gasteiger charge is 2.24. The Balaban J connectivity index is 2.05. The van der Waals surface area contributed by atoms with Crippen LogP contribution in [0.3, 0.4) is 0 Å². The van der Waals surface area contributed by atoms with Gasteiger partial charge in [0.25, 0.3) is 5.91 Å². The maximum absolute atomic E-state index is 13.2. The number of carbonyl (C=O) groups excluding carboxylic acids is 3. The van der Waals surface area contributed by atoms with E-state index in [1.165, 1.54) is 43.3 Å². The molecule has 0 fully saturated rings. The lowest BCUT2D eigenvalue weighted by atomic mass is 10.3. The van der Waals surface area contributed by atoms with Crippen LogP contribution in [0.15, 0.2) is 46.2 Å². The van der Waals surface area contributed by atoms with E-state index in [1.807, 2.05) is 0 Å². The maximum atomic E-state index is 13.2. The summed E-state index contributed by atoms with van der Waals surface area (Å²) in [7, 11) is -7.97. The molecule has 0 aromatic heterocycles. The van der Waals surface area contributed by atoms with Crippen molar-refractivity contribution in [3.63, 3.8) is 0 Å². The van der Waals surface area contributed by atoms with Crippen molar-refractivity contribution in [3.05, 3.63) is 46.4 Å². The minimum absolute atomic E-state index is 0.00628. The molecule has 1 atom stereocenters. The molecule has 17 heteroatoms. The van der Waals surface area contributed by atoms with Crippen molar-refractivity contribution < 1.29 is 50.2 Å². The number of esters is 2. The molecular weight excluding hydrogens is 661 g/mol. The molecule has 0 spiro atoms. The highest BCUT2D eigenvalue weighted by atomic mass is 35.5. The van der Waals surface area contributed by atoms with Crippen LogP contribution in [-0.4, -0.2) is 83.6 Å². The van der Waals surface area contributed by atoms with Gasteiger partial charge < -0.3 is 18.9 Å². The molecule has 0 saturated carbocycles. The minimum atomic E-state index is -4.06. The number of benzene rings is 2. The van der Waals surface area contributed by atoms with Gasteiger partial charge in [-0.1, -0.05) is 23.2 Å². The van der Waals surface area contributed by atoms with Crippen LogP contribution in [0.2, 0.25) is 10.0 Å². The fourth-order valence-corrected chi connectivity index (χ4v) is 6.38. The van der Waals surface area contributed by atoms with Gasteiger partial charge in [-0.05, 0) is 36.4 Å². The van der Waals surface area contributed by atoms with Gasteiger partial charge in [-0.15, -0.1) is 11.6 Å². The lowest BCUT2D eigenvalue weighted by Gasteiger charge is -2.20. The van der Waals surface area contributed by atoms with Crippen LogP contribution in [0.25, 0.3) is 0 Å². The smallest absolute Gasteiger partial charge is 0.303 e. The Morgan fingerprint density at radius 2 is 1.50 bits per heavy atom. The third kappa shape index (κ3) is 10.5. The number of hydrogen-bond acceptors (Lipinski definition) is 11. The van der Waals surface area contributed by atoms with Crippen LogP contribution in [0.5, 0.6) is 11.5 Å². The Bertz CT molecular complexity index is 1470. The van der Waals surface area contributed by atoms with Crippen molar-refractivity contribution in [2.24, 2.45) is 0 Å². The quantitative estimate of drug-likeness (QED) is 0.153. The molecule has 12 nitrogen and oxygen atoms in total. The molecule has 0 unspecified atom stereocenters. The first-order valence-corrected chi connectivity index (χ1v) is 16.6. The van der Waals surface area contributed by atoms with Crippen molar-refractivity contribution in [2.75, 3.05) is 38.5 Å². The molecule has 2 aromatic rings. The highest BCUT2D eigenvalue weighted by Crippen LogP contribution is 2.37. The van der Waals surface area contributed by atoms with Crippen molar-refractivity contribution in [1.82, 2.24) is 4.31 Å². The first kappa shape index (κ1) is 35.4. The largest absolute Gasteiger partial charge is 0.494 e. The van der Waals surface area contributed by atoms with Crippen LogP contribution in [0.4, 0.5) is 0 Å². The van der Waals surface area contributed by atoms with Crippen LogP contribution < -0.4 is 9.47 Å². The van der Waals surface area contributed by atoms with Crippen molar-refractivity contribution in [3.8, 4) is 11.5 Å². The van der Waals surface area contributed by atoms with Gasteiger partial charge in [0.15, 0.2) is 12.4 Å². The first-order chi connectivity index (χ1) is 19.6. The van der Waals surface area contributed by atoms with Gasteiger partial charge in [-0.3, -0.25) is 14.4 Å². The van der Waals surface area contributed by atoms with Gasteiger partial charge in [0, 0.05) is 26.8 Å². The zero-order valence-electron chi connectivity index (χ0n) is 22.7. The van der Waals surface area contributed by atoms with E-state index in [1.54, 1.807) is 0 Å². The number of alkyl halides is 1. The van der Waals surface area contributed by atoms with Gasteiger partial charge in [0.2, 0.25) is 19.9 Å². The minimum Gasteiger partial charge on any atom is -0.494 e. The van der Waals surface area contributed by atoms with E-state index in [4.69, 9.17) is 49.0 Å². The molecular formula is C25H28Cl3NO11S2. The van der Waals surface area contributed by atoms with Crippen molar-refractivity contribution >= 4 is 72.5 Å². The zero-order valence-corrected chi connectivity index (χ0v) is 26.6. The molecule has 0 heterocycles. The summed E-state index contributed by atoms with van der Waals surface area (Å²) < 4.78 is 71.4. The second-order valence-corrected chi connectivity index (χ2v) is 13.6. The number of sulfonamides is 1. The number of hydrogen-bond donors (Lipinski definition) is 0. The Morgan fingerprint density at radius 1 is 0.905 bits per heavy atom. The molecule has 42 heavy (non-hydrogen) atoms. The fraction of sp³-hybridized carbons (Fsp3) is 0.400. The monoisotopic (exact) mass is 687 g/mol. The lowest BCUT2D eigenvalue weighted by Crippen LogP contribution is -2.40. The summed E-state index contributed by atoms with van der Waals surface area (Å²) in [6.45, 7) is 1.21. The average Bonchev–Trinajstić information content (AvgIpc) is 2.89. The summed E-state index contributed by atoms with van der Waals surface area (Å²) in [5.74, 6) is -1.95. The van der Waals surface area contributed by atoms with E-state index in [0.29, 0.717) is 4.31 Å². The molecule has 0 N–H and O–H groups in total. The van der Waals surface area contributed by atoms with E-state index in [-0.39, 0.29) is 63.4 Å². The molecule has 1 amide bonds. The van der Waals surface area contributed by atoms with E-state index in [9.17, 15) is 31.2 Å². The number of ether oxygens (including phenoxy) is 4. The molecule has 0 radical (unpaired) electrons. The Hall–Kier alpha value is -2.78. The van der Waals surface area contributed by atoms with Gasteiger partial charge in [-0.2, -0.15) is 0 Å². The molecule has 0 saturated heterocycles. The Kier molecular flexibility index (Phi) is 13.2. The topological polar surface area (TPSA) is 160 Å². The zero-order chi connectivity index (χ0) is 31.7. The molecule has 2 rings (SSSR count). The Labute approximate surface area is 258 Å². The van der Waals surface area contributed by atoms with Gasteiger partial charge in [0.1, 0.15) is 18.5 Å². The van der Waals surface area contributed by atoms with E-state index in [0.717, 1.165) is 13.2 Å². The molecule has 0 bridgehead atoms. The van der Waals surface area contributed by atoms with Gasteiger partial charge >= 0.3 is 11.9 Å². The molecule has 232 valence electrons. The lowest BCUT2D eigenvalue weighted by molar-refractivity contribution is -0.148. The summed E-state index contributed by atoms with van der Waals surface area (Å²) in [5.41, 5.74) is 0. The maximum Gasteiger partial charge on any atom is 0.303 e. The molecule has 0 aliphatic carbocycles. The summed E-state index contributed by atoms with van der Waals surface area (Å²) in [4.78, 5) is 33.8. The normalized spacial score (nSPS) is 12.2. The molecule has 2 aromatic carbocycles. The summed E-state index contributed by atoms with van der Waals surface area (Å²) in [5, 5.41) is -0.182. The summed E-state index contributed by atoms with van der Waals surface area (Å²) >= 11 is 18.2.